The number of aromatic nitrogens is 2. The van der Waals surface area contributed by atoms with Crippen molar-refractivity contribution in [1.82, 2.24) is 20.4 Å². The van der Waals surface area contributed by atoms with Crippen molar-refractivity contribution in [2.45, 2.75) is 38.4 Å². The van der Waals surface area contributed by atoms with Crippen LogP contribution in [0.5, 0.6) is 0 Å². The van der Waals surface area contributed by atoms with Gasteiger partial charge in [0.2, 0.25) is 0 Å². The van der Waals surface area contributed by atoms with Crippen LogP contribution in [0.4, 0.5) is 0 Å². The van der Waals surface area contributed by atoms with E-state index in [1.807, 2.05) is 29.1 Å². The molecule has 4 nitrogen and oxygen atoms in total. The summed E-state index contributed by atoms with van der Waals surface area (Å²) in [6.45, 7) is 4.06. The third-order valence-electron chi connectivity index (χ3n) is 3.59. The van der Waals surface area contributed by atoms with Gasteiger partial charge in [0.15, 0.2) is 0 Å². The summed E-state index contributed by atoms with van der Waals surface area (Å²) >= 11 is 0. The van der Waals surface area contributed by atoms with Gasteiger partial charge >= 0.3 is 0 Å². The molecule has 0 aliphatic heterocycles. The lowest BCUT2D eigenvalue weighted by atomic mass is 10.3. The second-order valence-electron chi connectivity index (χ2n) is 5.55. The molecular weight excluding hydrogens is 248 g/mol. The number of hydrogen-bond donors (Lipinski definition) is 2. The van der Waals surface area contributed by atoms with Crippen molar-refractivity contribution in [2.75, 3.05) is 6.54 Å². The summed E-state index contributed by atoms with van der Waals surface area (Å²) in [5, 5.41) is 11.6. The number of benzene rings is 1. The van der Waals surface area contributed by atoms with Crippen molar-refractivity contribution in [3.05, 3.63) is 48.3 Å². The smallest absolute Gasteiger partial charge is 0.0766 e. The van der Waals surface area contributed by atoms with E-state index in [2.05, 4.69) is 40.9 Å². The molecule has 0 amide bonds. The van der Waals surface area contributed by atoms with Crippen LogP contribution in [0.1, 0.15) is 25.5 Å². The zero-order chi connectivity index (χ0) is 13.8. The summed E-state index contributed by atoms with van der Waals surface area (Å²) < 4.78 is 1.92. The van der Waals surface area contributed by atoms with Gasteiger partial charge in [-0.3, -0.25) is 0 Å². The third kappa shape index (κ3) is 3.68. The first-order valence-electron chi connectivity index (χ1n) is 7.38. The Labute approximate surface area is 120 Å². The highest BCUT2D eigenvalue weighted by Gasteiger charge is 2.20. The fourth-order valence-electron chi connectivity index (χ4n) is 2.16. The van der Waals surface area contributed by atoms with Crippen LogP contribution in [0.2, 0.25) is 0 Å². The first-order valence-corrected chi connectivity index (χ1v) is 7.38. The number of nitrogens with zero attached hydrogens (tertiary/aromatic N) is 2. The average Bonchev–Trinajstić information content (AvgIpc) is 3.20. The summed E-state index contributed by atoms with van der Waals surface area (Å²) in [5.41, 5.74) is 2.18. The van der Waals surface area contributed by atoms with Crippen molar-refractivity contribution in [2.24, 2.45) is 0 Å². The molecule has 20 heavy (non-hydrogen) atoms. The lowest BCUT2D eigenvalue weighted by Crippen LogP contribution is -2.36. The van der Waals surface area contributed by atoms with E-state index in [0.717, 1.165) is 30.5 Å². The van der Waals surface area contributed by atoms with Crippen LogP contribution >= 0.6 is 0 Å². The van der Waals surface area contributed by atoms with Gasteiger partial charge in [-0.2, -0.15) is 5.10 Å². The highest BCUT2D eigenvalue weighted by atomic mass is 15.3. The molecule has 106 valence electrons. The molecule has 1 aliphatic rings. The molecular formula is C16H22N4. The first-order chi connectivity index (χ1) is 9.81. The number of para-hydroxylation sites is 1. The molecule has 1 atom stereocenters. The summed E-state index contributed by atoms with van der Waals surface area (Å²) in [6.07, 6.45) is 4.70. The summed E-state index contributed by atoms with van der Waals surface area (Å²) in [6, 6.07) is 13.5. The van der Waals surface area contributed by atoms with Gasteiger partial charge in [-0.05, 0) is 38.0 Å². The molecule has 0 spiro atoms. The fraction of sp³-hybridized carbons (Fsp3) is 0.438. The Morgan fingerprint density at radius 2 is 2.05 bits per heavy atom. The predicted molar refractivity (Wildman–Crippen MR) is 80.9 cm³/mol. The Hall–Kier alpha value is -1.65. The molecule has 4 heteroatoms. The first kappa shape index (κ1) is 13.3. The summed E-state index contributed by atoms with van der Waals surface area (Å²) in [7, 11) is 0. The maximum Gasteiger partial charge on any atom is 0.0766 e. The van der Waals surface area contributed by atoms with Crippen molar-refractivity contribution in [3.8, 4) is 5.69 Å². The molecule has 1 fully saturated rings. The molecule has 1 heterocycles. The Bertz CT molecular complexity index is 530. The van der Waals surface area contributed by atoms with Crippen LogP contribution in [0.15, 0.2) is 42.6 Å². The lowest BCUT2D eigenvalue weighted by molar-refractivity contribution is 0.495. The molecule has 1 saturated carbocycles. The van der Waals surface area contributed by atoms with Crippen LogP contribution in [0, 0.1) is 0 Å². The monoisotopic (exact) mass is 270 g/mol. The minimum Gasteiger partial charge on any atom is -0.312 e. The van der Waals surface area contributed by atoms with Gasteiger partial charge in [-0.1, -0.05) is 18.2 Å². The summed E-state index contributed by atoms with van der Waals surface area (Å²) in [4.78, 5) is 0. The Balaban J connectivity index is 1.49. The van der Waals surface area contributed by atoms with Gasteiger partial charge in [-0.15, -0.1) is 0 Å². The van der Waals surface area contributed by atoms with E-state index in [1.165, 1.54) is 12.8 Å². The van der Waals surface area contributed by atoms with E-state index in [4.69, 9.17) is 0 Å². The number of rotatable bonds is 7. The summed E-state index contributed by atoms with van der Waals surface area (Å²) in [5.74, 6) is 0. The van der Waals surface area contributed by atoms with E-state index in [-0.39, 0.29) is 0 Å². The topological polar surface area (TPSA) is 41.9 Å². The van der Waals surface area contributed by atoms with Gasteiger partial charge in [-0.25, -0.2) is 4.68 Å². The maximum atomic E-state index is 4.59. The van der Waals surface area contributed by atoms with Crippen molar-refractivity contribution >= 4 is 0 Å². The number of nitrogens with one attached hydrogen (secondary N) is 2. The minimum atomic E-state index is 0.470. The Morgan fingerprint density at radius 3 is 2.80 bits per heavy atom. The van der Waals surface area contributed by atoms with Crippen molar-refractivity contribution < 1.29 is 0 Å². The van der Waals surface area contributed by atoms with E-state index in [0.29, 0.717) is 6.04 Å². The molecule has 3 rings (SSSR count). The standard InChI is InChI=1S/C16H22N4/c1-13(11-18-14-7-8-14)17-12-15-9-10-20(19-15)16-5-3-2-4-6-16/h2-6,9-10,13-14,17-18H,7-8,11-12H2,1H3. The molecule has 1 unspecified atom stereocenters. The zero-order valence-electron chi connectivity index (χ0n) is 11.9. The van der Waals surface area contributed by atoms with Gasteiger partial charge < -0.3 is 10.6 Å². The molecule has 1 aromatic carbocycles. The third-order valence-corrected chi connectivity index (χ3v) is 3.59. The van der Waals surface area contributed by atoms with Crippen LogP contribution in [-0.2, 0) is 6.54 Å². The van der Waals surface area contributed by atoms with E-state index >= 15 is 0 Å². The highest BCUT2D eigenvalue weighted by Crippen LogP contribution is 2.18. The minimum absolute atomic E-state index is 0.470. The second-order valence-corrected chi connectivity index (χ2v) is 5.55. The molecule has 2 N–H and O–H groups in total. The van der Waals surface area contributed by atoms with Crippen LogP contribution in [0.3, 0.4) is 0 Å². The average molecular weight is 270 g/mol. The largest absolute Gasteiger partial charge is 0.312 e. The molecule has 2 aromatic rings. The van der Waals surface area contributed by atoms with E-state index in [9.17, 15) is 0 Å². The maximum absolute atomic E-state index is 4.59. The van der Waals surface area contributed by atoms with Gasteiger partial charge in [0, 0.05) is 31.4 Å². The van der Waals surface area contributed by atoms with Crippen molar-refractivity contribution in [1.29, 1.82) is 0 Å². The zero-order valence-corrected chi connectivity index (χ0v) is 11.9. The number of hydrogen-bond acceptors (Lipinski definition) is 3. The predicted octanol–water partition coefficient (Wildman–Crippen LogP) is 2.10. The Morgan fingerprint density at radius 1 is 1.25 bits per heavy atom. The van der Waals surface area contributed by atoms with Gasteiger partial charge in [0.1, 0.15) is 0 Å². The molecule has 0 saturated heterocycles. The quantitative estimate of drug-likeness (QED) is 0.809. The molecule has 0 radical (unpaired) electrons. The molecule has 1 aliphatic carbocycles. The van der Waals surface area contributed by atoms with Crippen molar-refractivity contribution in [3.63, 3.8) is 0 Å². The van der Waals surface area contributed by atoms with Crippen LogP contribution < -0.4 is 10.6 Å². The second kappa shape index (κ2) is 6.20. The highest BCUT2D eigenvalue weighted by molar-refractivity contribution is 5.30. The van der Waals surface area contributed by atoms with Crippen LogP contribution in [-0.4, -0.2) is 28.4 Å². The fourth-order valence-corrected chi connectivity index (χ4v) is 2.16. The lowest BCUT2D eigenvalue weighted by Gasteiger charge is -2.13. The van der Waals surface area contributed by atoms with E-state index in [1.54, 1.807) is 0 Å². The van der Waals surface area contributed by atoms with Gasteiger partial charge in [0.05, 0.1) is 11.4 Å². The molecule has 1 aromatic heterocycles. The van der Waals surface area contributed by atoms with E-state index < -0.39 is 0 Å². The van der Waals surface area contributed by atoms with Gasteiger partial charge in [0.25, 0.3) is 0 Å². The molecule has 0 bridgehead atoms. The Kier molecular flexibility index (Phi) is 4.14. The SMILES string of the molecule is CC(CNC1CC1)NCc1ccn(-c2ccccc2)n1. The normalized spacial score (nSPS) is 16.2. The van der Waals surface area contributed by atoms with Crippen LogP contribution in [0.25, 0.3) is 5.69 Å².